The van der Waals surface area contributed by atoms with E-state index in [0.717, 1.165) is 16.9 Å². The highest BCUT2D eigenvalue weighted by Gasteiger charge is 2.33. The zero-order valence-electron chi connectivity index (χ0n) is 14.8. The first-order valence-corrected chi connectivity index (χ1v) is 8.50. The van der Waals surface area contributed by atoms with Gasteiger partial charge in [0.15, 0.2) is 0 Å². The van der Waals surface area contributed by atoms with Gasteiger partial charge in [-0.25, -0.2) is 4.68 Å². The normalized spacial score (nSPS) is 20.5. The van der Waals surface area contributed by atoms with Crippen molar-refractivity contribution in [1.82, 2.24) is 14.7 Å². The number of carboxylic acid groups (broad SMARTS) is 1. The van der Waals surface area contributed by atoms with Gasteiger partial charge in [0.25, 0.3) is 5.91 Å². The number of rotatable bonds is 3. The first-order valence-electron chi connectivity index (χ1n) is 8.50. The molecule has 2 heterocycles. The van der Waals surface area contributed by atoms with E-state index in [1.165, 1.54) is 0 Å². The molecule has 0 bridgehead atoms. The average molecular weight is 341 g/mol. The molecule has 132 valence electrons. The largest absolute Gasteiger partial charge is 0.481 e. The summed E-state index contributed by atoms with van der Waals surface area (Å²) in [7, 11) is 0. The van der Waals surface area contributed by atoms with E-state index in [1.807, 2.05) is 45.0 Å². The molecule has 0 radical (unpaired) electrons. The van der Waals surface area contributed by atoms with Gasteiger partial charge >= 0.3 is 5.97 Å². The Balaban J connectivity index is 1.87. The summed E-state index contributed by atoms with van der Waals surface area (Å²) < 4.78 is 1.75. The molecular weight excluding hydrogens is 318 g/mol. The molecule has 0 aliphatic carbocycles. The Kier molecular flexibility index (Phi) is 4.61. The molecule has 0 spiro atoms. The number of aryl methyl sites for hydroxylation is 1. The maximum absolute atomic E-state index is 12.9. The second-order valence-corrected chi connectivity index (χ2v) is 6.98. The Bertz CT molecular complexity index is 812. The molecule has 1 aromatic heterocycles. The van der Waals surface area contributed by atoms with Crippen LogP contribution in [0.2, 0.25) is 0 Å². The number of hydrogen-bond acceptors (Lipinski definition) is 3. The molecule has 1 N–H and O–H groups in total. The van der Waals surface area contributed by atoms with Crippen LogP contribution >= 0.6 is 0 Å². The van der Waals surface area contributed by atoms with Gasteiger partial charge in [-0.3, -0.25) is 9.59 Å². The maximum atomic E-state index is 12.9. The summed E-state index contributed by atoms with van der Waals surface area (Å²) in [6, 6.07) is 7.93. The Labute approximate surface area is 147 Å². The molecule has 1 aromatic carbocycles. The van der Waals surface area contributed by atoms with E-state index in [1.54, 1.807) is 15.8 Å². The van der Waals surface area contributed by atoms with Gasteiger partial charge in [-0.1, -0.05) is 19.1 Å². The molecule has 1 aliphatic rings. The fourth-order valence-corrected chi connectivity index (χ4v) is 3.51. The zero-order chi connectivity index (χ0) is 18.1. The monoisotopic (exact) mass is 341 g/mol. The number of hydrogen-bond donors (Lipinski definition) is 1. The fourth-order valence-electron chi connectivity index (χ4n) is 3.51. The fraction of sp³-hybridized carbons (Fsp3) is 0.421. The summed E-state index contributed by atoms with van der Waals surface area (Å²) in [5.74, 6) is -1.31. The van der Waals surface area contributed by atoms with Gasteiger partial charge in [0.2, 0.25) is 0 Å². The predicted octanol–water partition coefficient (Wildman–Crippen LogP) is 2.67. The van der Waals surface area contributed by atoms with E-state index >= 15 is 0 Å². The van der Waals surface area contributed by atoms with E-state index in [9.17, 15) is 14.7 Å². The van der Waals surface area contributed by atoms with Crippen LogP contribution in [0.15, 0.2) is 30.5 Å². The van der Waals surface area contributed by atoms with E-state index in [-0.39, 0.29) is 18.4 Å². The van der Waals surface area contributed by atoms with Crippen molar-refractivity contribution in [3.05, 3.63) is 47.3 Å². The molecule has 2 aromatic rings. The lowest BCUT2D eigenvalue weighted by Gasteiger charge is -2.34. The van der Waals surface area contributed by atoms with Gasteiger partial charge in [-0.15, -0.1) is 0 Å². The first-order chi connectivity index (χ1) is 11.9. The van der Waals surface area contributed by atoms with E-state index in [0.29, 0.717) is 18.5 Å². The van der Waals surface area contributed by atoms with Crippen molar-refractivity contribution in [3.8, 4) is 5.69 Å². The molecule has 2 atom stereocenters. The van der Waals surface area contributed by atoms with Crippen molar-refractivity contribution in [2.75, 3.05) is 13.1 Å². The third-order valence-electron chi connectivity index (χ3n) is 4.78. The number of carbonyl (C=O) groups excluding carboxylic acids is 1. The highest BCUT2D eigenvalue weighted by molar-refractivity contribution is 5.95. The number of carbonyl (C=O) groups is 2. The summed E-state index contributed by atoms with van der Waals surface area (Å²) >= 11 is 0. The lowest BCUT2D eigenvalue weighted by molar-refractivity contribution is -0.143. The summed E-state index contributed by atoms with van der Waals surface area (Å²) in [5, 5.41) is 13.7. The number of benzene rings is 1. The van der Waals surface area contributed by atoms with Gasteiger partial charge in [-0.2, -0.15) is 5.10 Å². The molecule has 6 heteroatoms. The second kappa shape index (κ2) is 6.70. The van der Waals surface area contributed by atoms with E-state index in [4.69, 9.17) is 0 Å². The van der Waals surface area contributed by atoms with Crippen molar-refractivity contribution in [2.45, 2.75) is 27.2 Å². The van der Waals surface area contributed by atoms with Crippen LogP contribution < -0.4 is 0 Å². The third kappa shape index (κ3) is 3.43. The van der Waals surface area contributed by atoms with Gasteiger partial charge < -0.3 is 10.0 Å². The maximum Gasteiger partial charge on any atom is 0.308 e. The molecule has 0 saturated carbocycles. The number of piperidine rings is 1. The van der Waals surface area contributed by atoms with Gasteiger partial charge in [0.1, 0.15) is 0 Å². The van der Waals surface area contributed by atoms with Crippen molar-refractivity contribution in [1.29, 1.82) is 0 Å². The van der Waals surface area contributed by atoms with Crippen LogP contribution in [0.3, 0.4) is 0 Å². The SMILES string of the molecule is Cc1cccc(-n2ncc(C(=O)N3CC(C)CC(C(=O)O)C3)c2C)c1. The molecule has 2 unspecified atom stereocenters. The average Bonchev–Trinajstić information content (AvgIpc) is 2.95. The predicted molar refractivity (Wildman–Crippen MR) is 93.8 cm³/mol. The van der Waals surface area contributed by atoms with Gasteiger partial charge in [0.05, 0.1) is 29.1 Å². The van der Waals surface area contributed by atoms with Crippen LogP contribution in [0.25, 0.3) is 5.69 Å². The Morgan fingerprint density at radius 3 is 2.68 bits per heavy atom. The zero-order valence-corrected chi connectivity index (χ0v) is 14.8. The number of aliphatic carboxylic acids is 1. The van der Waals surface area contributed by atoms with Crippen LogP contribution in [0.1, 0.15) is 35.0 Å². The minimum Gasteiger partial charge on any atom is -0.481 e. The smallest absolute Gasteiger partial charge is 0.308 e. The number of amides is 1. The highest BCUT2D eigenvalue weighted by Crippen LogP contribution is 2.24. The van der Waals surface area contributed by atoms with Crippen molar-refractivity contribution in [3.63, 3.8) is 0 Å². The number of carboxylic acids is 1. The van der Waals surface area contributed by atoms with Crippen molar-refractivity contribution in [2.24, 2.45) is 11.8 Å². The quantitative estimate of drug-likeness (QED) is 0.931. The number of likely N-dealkylation sites (tertiary alicyclic amines) is 1. The van der Waals surface area contributed by atoms with E-state index < -0.39 is 11.9 Å². The minimum absolute atomic E-state index is 0.144. The standard InChI is InChI=1S/C19H23N3O3/c1-12-5-4-6-16(8-12)22-14(3)17(9-20-22)18(23)21-10-13(2)7-15(11-21)19(24)25/h4-6,8-9,13,15H,7,10-11H2,1-3H3,(H,24,25). The van der Waals surface area contributed by atoms with Gasteiger partial charge in [-0.05, 0) is 43.9 Å². The minimum atomic E-state index is -0.837. The molecule has 3 rings (SSSR count). The molecule has 6 nitrogen and oxygen atoms in total. The Morgan fingerprint density at radius 1 is 1.24 bits per heavy atom. The molecular formula is C19H23N3O3. The number of aromatic nitrogens is 2. The third-order valence-corrected chi connectivity index (χ3v) is 4.78. The summed E-state index contributed by atoms with van der Waals surface area (Å²) in [6.45, 7) is 6.70. The summed E-state index contributed by atoms with van der Waals surface area (Å²) in [4.78, 5) is 25.9. The molecule has 1 aliphatic heterocycles. The van der Waals surface area contributed by atoms with Crippen LogP contribution in [0, 0.1) is 25.7 Å². The second-order valence-electron chi connectivity index (χ2n) is 6.98. The number of nitrogens with zero attached hydrogens (tertiary/aromatic N) is 3. The van der Waals surface area contributed by atoms with E-state index in [2.05, 4.69) is 5.10 Å². The van der Waals surface area contributed by atoms with Crippen LogP contribution in [-0.2, 0) is 4.79 Å². The molecule has 1 fully saturated rings. The summed E-state index contributed by atoms with van der Waals surface area (Å²) in [6.07, 6.45) is 2.19. The first kappa shape index (κ1) is 17.2. The van der Waals surface area contributed by atoms with Crippen LogP contribution in [-0.4, -0.2) is 44.8 Å². The molecule has 1 amide bonds. The van der Waals surface area contributed by atoms with Crippen molar-refractivity contribution >= 4 is 11.9 Å². The molecule has 25 heavy (non-hydrogen) atoms. The Morgan fingerprint density at radius 2 is 2.00 bits per heavy atom. The molecule has 1 saturated heterocycles. The lowest BCUT2D eigenvalue weighted by atomic mass is 9.90. The Hall–Kier alpha value is -2.63. The van der Waals surface area contributed by atoms with Crippen LogP contribution in [0.4, 0.5) is 0 Å². The van der Waals surface area contributed by atoms with Gasteiger partial charge in [0, 0.05) is 13.1 Å². The summed E-state index contributed by atoms with van der Waals surface area (Å²) in [5.41, 5.74) is 3.32. The topological polar surface area (TPSA) is 75.4 Å². The lowest BCUT2D eigenvalue weighted by Crippen LogP contribution is -2.45. The van der Waals surface area contributed by atoms with Crippen LogP contribution in [0.5, 0.6) is 0 Å². The highest BCUT2D eigenvalue weighted by atomic mass is 16.4. The van der Waals surface area contributed by atoms with Crippen molar-refractivity contribution < 1.29 is 14.7 Å².